The first-order valence-corrected chi connectivity index (χ1v) is 11.8. The van der Waals surface area contributed by atoms with Crippen LogP contribution in [0.5, 0.6) is 17.2 Å². The van der Waals surface area contributed by atoms with Gasteiger partial charge in [0.05, 0.1) is 32.8 Å². The summed E-state index contributed by atoms with van der Waals surface area (Å²) in [5.41, 5.74) is 0.494. The van der Waals surface area contributed by atoms with E-state index >= 15 is 0 Å². The maximum absolute atomic E-state index is 12.7. The molecule has 0 aromatic heterocycles. The molecule has 0 bridgehead atoms. The van der Waals surface area contributed by atoms with Crippen molar-refractivity contribution in [2.75, 3.05) is 27.9 Å². The molecule has 1 atom stereocenters. The number of hydrogen-bond acceptors (Lipinski definition) is 8. The van der Waals surface area contributed by atoms with Gasteiger partial charge in [-0.3, -0.25) is 9.59 Å². The fourth-order valence-electron chi connectivity index (χ4n) is 3.46. The van der Waals surface area contributed by atoms with Gasteiger partial charge in [0.25, 0.3) is 0 Å². The fraction of sp³-hybridized carbons (Fsp3) is 0.464. The minimum atomic E-state index is -0.755. The average molecular weight is 516 g/mol. The van der Waals surface area contributed by atoms with E-state index in [1.165, 1.54) is 21.3 Å². The van der Waals surface area contributed by atoms with Crippen LogP contribution in [0, 0.1) is 5.41 Å². The summed E-state index contributed by atoms with van der Waals surface area (Å²) in [6, 6.07) is 7.71. The number of ether oxygens (including phenoxy) is 5. The van der Waals surface area contributed by atoms with E-state index in [-0.39, 0.29) is 6.61 Å². The number of benzene rings is 2. The first-order valence-electron chi connectivity index (χ1n) is 11.8. The highest BCUT2D eigenvalue weighted by Gasteiger charge is 2.28. The Bertz CT molecular complexity index is 1130. The first-order chi connectivity index (χ1) is 17.2. The zero-order chi connectivity index (χ0) is 28.0. The Morgan fingerprint density at radius 3 is 2.08 bits per heavy atom. The summed E-state index contributed by atoms with van der Waals surface area (Å²) in [5.74, 6) is 0.902. The van der Waals surface area contributed by atoms with Gasteiger partial charge in [-0.1, -0.05) is 6.07 Å². The van der Waals surface area contributed by atoms with Crippen molar-refractivity contribution in [2.45, 2.75) is 53.2 Å². The second-order valence-electron chi connectivity index (χ2n) is 10.4. The monoisotopic (exact) mass is 515 g/mol. The van der Waals surface area contributed by atoms with Crippen LogP contribution < -0.4 is 19.5 Å². The van der Waals surface area contributed by atoms with E-state index in [0.29, 0.717) is 45.8 Å². The van der Waals surface area contributed by atoms with Gasteiger partial charge in [0, 0.05) is 22.8 Å². The fourth-order valence-corrected chi connectivity index (χ4v) is 3.46. The molecule has 0 saturated carbocycles. The molecule has 37 heavy (non-hydrogen) atoms. The summed E-state index contributed by atoms with van der Waals surface area (Å²) in [6.45, 7) is 10.4. The lowest BCUT2D eigenvalue weighted by Gasteiger charge is -2.26. The van der Waals surface area contributed by atoms with Gasteiger partial charge in [0.1, 0.15) is 29.5 Å². The molecule has 9 nitrogen and oxygen atoms in total. The number of carbonyl (C=O) groups excluding carboxylic acids is 3. The van der Waals surface area contributed by atoms with Crippen molar-refractivity contribution in [3.05, 3.63) is 41.5 Å². The maximum Gasteiger partial charge on any atom is 0.408 e. The number of esters is 1. The topological polar surface area (TPSA) is 109 Å². The second kappa shape index (κ2) is 12.0. The van der Waals surface area contributed by atoms with Gasteiger partial charge in [-0.15, -0.1) is 0 Å². The van der Waals surface area contributed by atoms with Crippen molar-refractivity contribution in [1.82, 2.24) is 5.32 Å². The Hall–Kier alpha value is -3.75. The van der Waals surface area contributed by atoms with E-state index in [0.717, 1.165) is 0 Å². The van der Waals surface area contributed by atoms with E-state index in [4.69, 9.17) is 23.7 Å². The van der Waals surface area contributed by atoms with Crippen LogP contribution in [0.4, 0.5) is 4.79 Å². The Morgan fingerprint density at radius 1 is 0.919 bits per heavy atom. The van der Waals surface area contributed by atoms with Crippen molar-refractivity contribution >= 4 is 18.3 Å². The van der Waals surface area contributed by atoms with Crippen molar-refractivity contribution in [3.63, 3.8) is 0 Å². The molecule has 0 saturated heterocycles. The molecular weight excluding hydrogens is 478 g/mol. The molecule has 0 aliphatic carbocycles. The average Bonchev–Trinajstić information content (AvgIpc) is 2.83. The van der Waals surface area contributed by atoms with Crippen molar-refractivity contribution < 1.29 is 38.1 Å². The molecule has 9 heteroatoms. The molecule has 202 valence electrons. The number of rotatable bonds is 9. The number of nitrogens with one attached hydrogen (secondary N) is 1. The Kier molecular flexibility index (Phi) is 9.55. The van der Waals surface area contributed by atoms with Crippen LogP contribution in [0.2, 0.25) is 0 Å². The highest BCUT2D eigenvalue weighted by Crippen LogP contribution is 2.42. The standard InChI is InChI=1S/C28H37NO8/c1-27(2,3)25(31)36-16-21(29-26(32)37-28(4,5)6)17-10-11-22(34-8)20(13-17)24-18(15-30)12-19(33-7)14-23(24)35-9/h10-15,21H,16H2,1-9H3,(H,29,32)/t21-/m0/s1. The first kappa shape index (κ1) is 29.5. The molecule has 0 radical (unpaired) electrons. The molecule has 1 amide bonds. The van der Waals surface area contributed by atoms with Crippen LogP contribution in [0.15, 0.2) is 30.3 Å². The summed E-state index contributed by atoms with van der Waals surface area (Å²) in [4.78, 5) is 37.2. The lowest BCUT2D eigenvalue weighted by atomic mass is 9.94. The molecule has 2 aromatic carbocycles. The predicted octanol–water partition coefficient (Wildman–Crippen LogP) is 5.35. The van der Waals surface area contributed by atoms with Crippen molar-refractivity contribution in [1.29, 1.82) is 0 Å². The zero-order valence-electron chi connectivity index (χ0n) is 23.0. The van der Waals surface area contributed by atoms with E-state index < -0.39 is 29.1 Å². The van der Waals surface area contributed by atoms with Gasteiger partial charge in [-0.05, 0) is 65.3 Å². The van der Waals surface area contributed by atoms with Crippen molar-refractivity contribution in [3.8, 4) is 28.4 Å². The molecule has 1 N–H and O–H groups in total. The van der Waals surface area contributed by atoms with Crippen molar-refractivity contribution in [2.24, 2.45) is 5.41 Å². The quantitative estimate of drug-likeness (QED) is 0.352. The van der Waals surface area contributed by atoms with Crippen LogP contribution in [-0.2, 0) is 14.3 Å². The van der Waals surface area contributed by atoms with Gasteiger partial charge in [0.15, 0.2) is 6.29 Å². The van der Waals surface area contributed by atoms with E-state index in [1.807, 2.05) is 0 Å². The van der Waals surface area contributed by atoms with Crippen LogP contribution in [0.1, 0.15) is 63.5 Å². The minimum absolute atomic E-state index is 0.137. The van der Waals surface area contributed by atoms with Crippen LogP contribution in [-0.4, -0.2) is 51.9 Å². The second-order valence-corrected chi connectivity index (χ2v) is 10.4. The molecule has 0 aliphatic rings. The molecule has 0 aliphatic heterocycles. The number of carbonyl (C=O) groups is 3. The minimum Gasteiger partial charge on any atom is -0.497 e. The third kappa shape index (κ3) is 7.87. The Balaban J connectivity index is 2.62. The maximum atomic E-state index is 12.7. The van der Waals surface area contributed by atoms with Gasteiger partial charge >= 0.3 is 12.1 Å². The lowest BCUT2D eigenvalue weighted by molar-refractivity contribution is -0.153. The summed E-state index contributed by atoms with van der Waals surface area (Å²) >= 11 is 0. The third-order valence-corrected chi connectivity index (χ3v) is 5.27. The SMILES string of the molecule is COc1cc(C=O)c(-c2cc([C@H](COC(=O)C(C)(C)C)NC(=O)OC(C)(C)C)ccc2OC)c(OC)c1. The van der Waals surface area contributed by atoms with Crippen LogP contribution in [0.3, 0.4) is 0 Å². The third-order valence-electron chi connectivity index (χ3n) is 5.27. The molecular formula is C28H37NO8. The smallest absolute Gasteiger partial charge is 0.408 e. The highest BCUT2D eigenvalue weighted by atomic mass is 16.6. The highest BCUT2D eigenvalue weighted by molar-refractivity contribution is 5.93. The molecule has 2 rings (SSSR count). The molecule has 2 aromatic rings. The van der Waals surface area contributed by atoms with Gasteiger partial charge in [-0.2, -0.15) is 0 Å². The van der Waals surface area contributed by atoms with Crippen LogP contribution >= 0.6 is 0 Å². The summed E-state index contributed by atoms with van der Waals surface area (Å²) < 4.78 is 27.4. The number of amides is 1. The Morgan fingerprint density at radius 2 is 1.57 bits per heavy atom. The van der Waals surface area contributed by atoms with Gasteiger partial charge < -0.3 is 29.0 Å². The van der Waals surface area contributed by atoms with E-state index in [2.05, 4.69) is 5.32 Å². The van der Waals surface area contributed by atoms with Gasteiger partial charge in [-0.25, -0.2) is 4.79 Å². The predicted molar refractivity (Wildman–Crippen MR) is 139 cm³/mol. The summed E-state index contributed by atoms with van der Waals surface area (Å²) in [7, 11) is 4.49. The van der Waals surface area contributed by atoms with E-state index in [9.17, 15) is 14.4 Å². The van der Waals surface area contributed by atoms with Gasteiger partial charge in [0.2, 0.25) is 0 Å². The summed E-state index contributed by atoms with van der Waals surface area (Å²) in [5, 5.41) is 2.79. The zero-order valence-corrected chi connectivity index (χ0v) is 23.0. The lowest BCUT2D eigenvalue weighted by Crippen LogP contribution is -2.37. The number of hydrogen-bond donors (Lipinski definition) is 1. The number of alkyl carbamates (subject to hydrolysis) is 1. The molecule has 0 spiro atoms. The normalized spacial score (nSPS) is 12.2. The number of methoxy groups -OCH3 is 3. The molecule has 0 fully saturated rings. The largest absolute Gasteiger partial charge is 0.497 e. The molecule has 0 heterocycles. The van der Waals surface area contributed by atoms with Crippen LogP contribution in [0.25, 0.3) is 11.1 Å². The van der Waals surface area contributed by atoms with E-state index in [1.54, 1.807) is 71.9 Å². The molecule has 0 unspecified atom stereocenters. The number of aldehydes is 1. The Labute approximate surface area is 218 Å². The summed E-state index contributed by atoms with van der Waals surface area (Å²) in [6.07, 6.45) is 0.0332.